The van der Waals surface area contributed by atoms with Crippen LogP contribution in [0.25, 0.3) is 0 Å². The average molecular weight is 432 g/mol. The zero-order valence-corrected chi connectivity index (χ0v) is 15.1. The van der Waals surface area contributed by atoms with Crippen molar-refractivity contribution in [2.75, 3.05) is 6.61 Å². The molecule has 110 valence electrons. The third-order valence-electron chi connectivity index (χ3n) is 3.63. The number of benzene rings is 2. The fraction of sp³-hybridized carbons (Fsp3) is 0.250. The van der Waals surface area contributed by atoms with Gasteiger partial charge in [-0.2, -0.15) is 0 Å². The Bertz CT molecular complexity index is 690. The highest BCUT2D eigenvalue weighted by molar-refractivity contribution is 9.10. The van der Waals surface area contributed by atoms with Crippen LogP contribution in [0, 0.1) is 0 Å². The van der Waals surface area contributed by atoms with Crippen LogP contribution in [0.2, 0.25) is 5.02 Å². The molecule has 0 bridgehead atoms. The summed E-state index contributed by atoms with van der Waals surface area (Å²) in [5.41, 5.74) is 9.82. The molecule has 2 aromatic carbocycles. The van der Waals surface area contributed by atoms with Gasteiger partial charge >= 0.3 is 0 Å². The van der Waals surface area contributed by atoms with Crippen molar-refractivity contribution >= 4 is 43.5 Å². The molecule has 5 heteroatoms. The fourth-order valence-corrected chi connectivity index (χ4v) is 4.18. The van der Waals surface area contributed by atoms with Gasteiger partial charge < -0.3 is 10.5 Å². The van der Waals surface area contributed by atoms with Crippen LogP contribution in [0.3, 0.4) is 0 Å². The first-order chi connectivity index (χ1) is 10.0. The highest BCUT2D eigenvalue weighted by atomic mass is 79.9. The predicted octanol–water partition coefficient (Wildman–Crippen LogP) is 5.04. The molecule has 0 saturated carbocycles. The van der Waals surface area contributed by atoms with E-state index in [-0.39, 0.29) is 6.04 Å². The molecule has 0 aliphatic carbocycles. The molecule has 0 fully saturated rings. The minimum Gasteiger partial charge on any atom is -0.493 e. The van der Waals surface area contributed by atoms with Crippen LogP contribution in [-0.2, 0) is 12.8 Å². The van der Waals surface area contributed by atoms with E-state index in [1.165, 1.54) is 5.56 Å². The second-order valence-electron chi connectivity index (χ2n) is 5.13. The second-order valence-corrected chi connectivity index (χ2v) is 7.33. The number of hydrogen-bond acceptors (Lipinski definition) is 2. The summed E-state index contributed by atoms with van der Waals surface area (Å²) in [5.74, 6) is 0.999. The Balaban J connectivity index is 1.90. The van der Waals surface area contributed by atoms with E-state index in [2.05, 4.69) is 44.0 Å². The molecule has 0 aromatic heterocycles. The lowest BCUT2D eigenvalue weighted by Crippen LogP contribution is -2.14. The molecule has 2 N–H and O–H groups in total. The van der Waals surface area contributed by atoms with Crippen molar-refractivity contribution in [3.05, 3.63) is 61.0 Å². The summed E-state index contributed by atoms with van der Waals surface area (Å²) >= 11 is 13.1. The Labute approximate surface area is 145 Å². The molecule has 0 spiro atoms. The van der Waals surface area contributed by atoms with Crippen LogP contribution >= 0.6 is 43.5 Å². The van der Waals surface area contributed by atoms with Crippen molar-refractivity contribution in [3.63, 3.8) is 0 Å². The van der Waals surface area contributed by atoms with Crippen LogP contribution in [-0.4, -0.2) is 6.61 Å². The van der Waals surface area contributed by atoms with Gasteiger partial charge in [0.25, 0.3) is 0 Å². The predicted molar refractivity (Wildman–Crippen MR) is 93.1 cm³/mol. The van der Waals surface area contributed by atoms with E-state index >= 15 is 0 Å². The maximum absolute atomic E-state index is 6.38. The van der Waals surface area contributed by atoms with Gasteiger partial charge in [0.1, 0.15) is 5.75 Å². The van der Waals surface area contributed by atoms with Gasteiger partial charge in [-0.25, -0.2) is 0 Å². The summed E-state index contributed by atoms with van der Waals surface area (Å²) in [6.07, 6.45) is 1.68. The molecule has 21 heavy (non-hydrogen) atoms. The minimum absolute atomic E-state index is 0.112. The van der Waals surface area contributed by atoms with E-state index in [0.29, 0.717) is 5.02 Å². The molecule has 1 unspecified atom stereocenters. The second kappa shape index (κ2) is 6.29. The highest BCUT2D eigenvalue weighted by Crippen LogP contribution is 2.36. The Hall–Kier alpha value is -0.550. The number of hydrogen-bond donors (Lipinski definition) is 1. The molecule has 1 heterocycles. The monoisotopic (exact) mass is 429 g/mol. The van der Waals surface area contributed by atoms with Gasteiger partial charge in [-0.15, -0.1) is 0 Å². The Morgan fingerprint density at radius 1 is 1.24 bits per heavy atom. The van der Waals surface area contributed by atoms with Gasteiger partial charge in [0, 0.05) is 26.4 Å². The maximum atomic E-state index is 6.38. The van der Waals surface area contributed by atoms with Gasteiger partial charge in [0.15, 0.2) is 0 Å². The third-order valence-corrected chi connectivity index (χ3v) is 5.01. The van der Waals surface area contributed by atoms with Crippen molar-refractivity contribution in [1.29, 1.82) is 0 Å². The normalized spacial score (nSPS) is 14.7. The highest BCUT2D eigenvalue weighted by Gasteiger charge is 2.20. The molecule has 0 saturated heterocycles. The summed E-state index contributed by atoms with van der Waals surface area (Å²) in [7, 11) is 0. The van der Waals surface area contributed by atoms with Crippen molar-refractivity contribution in [1.82, 2.24) is 0 Å². The van der Waals surface area contributed by atoms with Crippen LogP contribution in [0.1, 0.15) is 22.7 Å². The van der Waals surface area contributed by atoms with E-state index in [0.717, 1.165) is 45.3 Å². The van der Waals surface area contributed by atoms with Crippen molar-refractivity contribution in [2.45, 2.75) is 18.9 Å². The molecule has 0 radical (unpaired) electrons. The Kier molecular flexibility index (Phi) is 4.60. The average Bonchev–Trinajstić information content (AvgIpc) is 2.86. The molecule has 2 nitrogen and oxygen atoms in total. The lowest BCUT2D eigenvalue weighted by atomic mass is 9.97. The molecule has 3 rings (SSSR count). The molecule has 1 aliphatic heterocycles. The summed E-state index contributed by atoms with van der Waals surface area (Å²) in [4.78, 5) is 0. The summed E-state index contributed by atoms with van der Waals surface area (Å²) < 4.78 is 7.77. The SMILES string of the molecule is NC(Cc1cc(Br)cc2c1OCC2)c1ccc(Cl)cc1Br. The van der Waals surface area contributed by atoms with Crippen LogP contribution in [0.4, 0.5) is 0 Å². The molecule has 1 aliphatic rings. The first-order valence-corrected chi connectivity index (χ1v) is 8.65. The standard InChI is InChI=1S/C16H14Br2ClNO/c17-11-5-9-3-4-21-16(9)10(6-11)7-15(20)13-2-1-12(19)8-14(13)18/h1-2,5-6,8,15H,3-4,7,20H2. The zero-order chi connectivity index (χ0) is 15.0. The number of fused-ring (bicyclic) bond motifs is 1. The van der Waals surface area contributed by atoms with Gasteiger partial charge in [-0.3, -0.25) is 0 Å². The van der Waals surface area contributed by atoms with Crippen LogP contribution in [0.5, 0.6) is 5.75 Å². The maximum Gasteiger partial charge on any atom is 0.125 e. The quantitative estimate of drug-likeness (QED) is 0.739. The van der Waals surface area contributed by atoms with Crippen molar-refractivity contribution in [3.8, 4) is 5.75 Å². The molecule has 0 amide bonds. The fourth-order valence-electron chi connectivity index (χ4n) is 2.65. The summed E-state index contributed by atoms with van der Waals surface area (Å²) in [6, 6.07) is 9.81. The minimum atomic E-state index is -0.112. The lowest BCUT2D eigenvalue weighted by molar-refractivity contribution is 0.352. The number of rotatable bonds is 3. The van der Waals surface area contributed by atoms with E-state index in [9.17, 15) is 0 Å². The van der Waals surface area contributed by atoms with Crippen molar-refractivity contribution in [2.24, 2.45) is 5.73 Å². The third kappa shape index (κ3) is 3.29. The molecule has 2 aromatic rings. The first-order valence-electron chi connectivity index (χ1n) is 6.69. The van der Waals surface area contributed by atoms with Crippen LogP contribution < -0.4 is 10.5 Å². The van der Waals surface area contributed by atoms with Gasteiger partial charge in [-0.05, 0) is 47.4 Å². The van der Waals surface area contributed by atoms with Crippen LogP contribution in [0.15, 0.2) is 39.3 Å². The van der Waals surface area contributed by atoms with E-state index in [1.807, 2.05) is 18.2 Å². The molecular weight excluding hydrogens is 417 g/mol. The van der Waals surface area contributed by atoms with E-state index < -0.39 is 0 Å². The van der Waals surface area contributed by atoms with E-state index in [1.54, 1.807) is 0 Å². The first kappa shape index (κ1) is 15.3. The summed E-state index contributed by atoms with van der Waals surface area (Å²) in [6.45, 7) is 0.749. The number of nitrogens with two attached hydrogens (primary N) is 1. The van der Waals surface area contributed by atoms with Crippen molar-refractivity contribution < 1.29 is 4.74 Å². The molecule has 1 atom stereocenters. The molecular formula is C16H14Br2ClNO. The van der Waals surface area contributed by atoms with E-state index in [4.69, 9.17) is 22.1 Å². The lowest BCUT2D eigenvalue weighted by Gasteiger charge is -2.16. The Morgan fingerprint density at radius 3 is 2.81 bits per heavy atom. The topological polar surface area (TPSA) is 35.2 Å². The summed E-state index contributed by atoms with van der Waals surface area (Å²) in [5, 5.41) is 0.699. The van der Waals surface area contributed by atoms with Gasteiger partial charge in [0.05, 0.1) is 6.61 Å². The number of halogens is 3. The number of ether oxygens (including phenoxy) is 1. The van der Waals surface area contributed by atoms with Gasteiger partial charge in [0.2, 0.25) is 0 Å². The van der Waals surface area contributed by atoms with Gasteiger partial charge in [-0.1, -0.05) is 49.5 Å². The Morgan fingerprint density at radius 2 is 2.05 bits per heavy atom. The largest absolute Gasteiger partial charge is 0.493 e. The smallest absolute Gasteiger partial charge is 0.125 e. The zero-order valence-electron chi connectivity index (χ0n) is 11.2.